The van der Waals surface area contributed by atoms with E-state index in [-0.39, 0.29) is 0 Å². The zero-order valence-electron chi connectivity index (χ0n) is 13.9. The largest absolute Gasteiger partial charge is 0.310 e. The van der Waals surface area contributed by atoms with Crippen molar-refractivity contribution in [2.45, 2.75) is 13.8 Å². The second kappa shape index (κ2) is 11.4. The molecule has 0 saturated carbocycles. The molecule has 0 aromatic heterocycles. The van der Waals surface area contributed by atoms with Gasteiger partial charge < -0.3 is 9.80 Å². The molecule has 0 unspecified atom stereocenters. The summed E-state index contributed by atoms with van der Waals surface area (Å²) >= 11 is 0. The Morgan fingerprint density at radius 3 is 0.950 bits per heavy atom. The van der Waals surface area contributed by atoms with Crippen LogP contribution < -0.4 is 0 Å². The Morgan fingerprint density at radius 1 is 0.600 bits per heavy atom. The summed E-state index contributed by atoms with van der Waals surface area (Å²) < 4.78 is 0. The second-order valence-corrected chi connectivity index (χ2v) is 5.14. The Kier molecular flexibility index (Phi) is 10.7. The summed E-state index contributed by atoms with van der Waals surface area (Å²) in [5.74, 6) is 0. The van der Waals surface area contributed by atoms with E-state index in [4.69, 9.17) is 0 Å². The number of nitrogens with zero attached hydrogens (tertiary/aromatic N) is 2. The normalized spacial score (nSPS) is 9.80. The first-order valence-corrected chi connectivity index (χ1v) is 7.24. The molecule has 2 heteroatoms. The quantitative estimate of drug-likeness (QED) is 0.817. The third-order valence-electron chi connectivity index (χ3n) is 2.92. The van der Waals surface area contributed by atoms with Gasteiger partial charge in [-0.1, -0.05) is 62.4 Å². The van der Waals surface area contributed by atoms with Gasteiger partial charge in [0.25, 0.3) is 0 Å². The molecule has 0 radical (unpaired) electrons. The summed E-state index contributed by atoms with van der Waals surface area (Å²) in [5.41, 5.74) is 0. The van der Waals surface area contributed by atoms with Gasteiger partial charge in [0.15, 0.2) is 0 Å². The van der Waals surface area contributed by atoms with Gasteiger partial charge in [-0.15, -0.1) is 0 Å². The monoisotopic (exact) mass is 274 g/mol. The molecule has 0 amide bonds. The molecule has 2 rings (SSSR count). The molecule has 0 fully saturated rings. The lowest BCUT2D eigenvalue weighted by molar-refractivity contribution is 0.434. The fourth-order valence-corrected chi connectivity index (χ4v) is 1.13. The van der Waals surface area contributed by atoms with Gasteiger partial charge in [0.1, 0.15) is 0 Å². The van der Waals surface area contributed by atoms with Crippen LogP contribution in [0.1, 0.15) is 13.8 Å². The van der Waals surface area contributed by atoms with Gasteiger partial charge in [-0.05, 0) is 52.1 Å². The Labute approximate surface area is 125 Å². The molecule has 0 heterocycles. The van der Waals surface area contributed by atoms with Crippen LogP contribution in [-0.4, -0.2) is 51.1 Å². The van der Waals surface area contributed by atoms with Crippen LogP contribution in [0.25, 0.3) is 10.8 Å². The van der Waals surface area contributed by atoms with Crippen molar-refractivity contribution >= 4 is 10.8 Å². The minimum Gasteiger partial charge on any atom is -0.310 e. The first kappa shape index (κ1) is 18.6. The molecule has 2 aromatic rings. The van der Waals surface area contributed by atoms with Crippen molar-refractivity contribution < 1.29 is 0 Å². The van der Waals surface area contributed by atoms with Crippen LogP contribution in [0.2, 0.25) is 0 Å². The minimum absolute atomic E-state index is 1.14. The average molecular weight is 274 g/mol. The molecule has 0 N–H and O–H groups in total. The summed E-state index contributed by atoms with van der Waals surface area (Å²) in [6.45, 7) is 6.53. The topological polar surface area (TPSA) is 6.48 Å². The van der Waals surface area contributed by atoms with Crippen LogP contribution in [0.3, 0.4) is 0 Å². The van der Waals surface area contributed by atoms with Gasteiger partial charge in [-0.25, -0.2) is 0 Å². The highest BCUT2D eigenvalue weighted by atomic mass is 15.0. The zero-order chi connectivity index (χ0) is 15.4. The standard InChI is InChI=1S/C10H8.2C4H11N/c1-2-6-10-8-4-3-7-9(10)5-1;2*1-4-5(2)3/h1-8H;2*4H2,1-3H3. The fourth-order valence-electron chi connectivity index (χ4n) is 1.13. The number of rotatable bonds is 2. The lowest BCUT2D eigenvalue weighted by Gasteiger charge is -2.00. The Hall–Kier alpha value is -1.38. The zero-order valence-corrected chi connectivity index (χ0v) is 13.9. The molecule has 0 bridgehead atoms. The Balaban J connectivity index is 0.000000310. The predicted molar refractivity (Wildman–Crippen MR) is 92.4 cm³/mol. The highest BCUT2D eigenvalue weighted by molar-refractivity contribution is 5.81. The predicted octanol–water partition coefficient (Wildman–Crippen LogP) is 3.98. The molecule has 2 nitrogen and oxygen atoms in total. The molecule has 0 atom stereocenters. The van der Waals surface area contributed by atoms with Gasteiger partial charge in [-0.3, -0.25) is 0 Å². The van der Waals surface area contributed by atoms with Crippen molar-refractivity contribution in [3.63, 3.8) is 0 Å². The molecule has 0 saturated heterocycles. The van der Waals surface area contributed by atoms with Crippen molar-refractivity contribution in [3.8, 4) is 0 Å². The summed E-state index contributed by atoms with van der Waals surface area (Å²) in [6.07, 6.45) is 0. The van der Waals surface area contributed by atoms with E-state index in [1.807, 2.05) is 0 Å². The number of fused-ring (bicyclic) bond motifs is 1. The summed E-state index contributed by atoms with van der Waals surface area (Å²) in [4.78, 5) is 4.25. The van der Waals surface area contributed by atoms with Crippen molar-refractivity contribution in [3.05, 3.63) is 48.5 Å². The third kappa shape index (κ3) is 9.54. The first-order valence-electron chi connectivity index (χ1n) is 7.24. The van der Waals surface area contributed by atoms with E-state index in [1.165, 1.54) is 10.8 Å². The van der Waals surface area contributed by atoms with E-state index in [2.05, 4.69) is 100 Å². The van der Waals surface area contributed by atoms with Gasteiger partial charge in [0.05, 0.1) is 0 Å². The molecular weight excluding hydrogens is 244 g/mol. The molecule has 0 spiro atoms. The maximum atomic E-state index is 2.12. The number of hydrogen-bond acceptors (Lipinski definition) is 2. The van der Waals surface area contributed by atoms with E-state index < -0.39 is 0 Å². The SMILES string of the molecule is CCN(C)C.CCN(C)C.c1ccc2ccccc2c1. The molecule has 20 heavy (non-hydrogen) atoms. The van der Waals surface area contributed by atoms with Crippen LogP contribution in [0.15, 0.2) is 48.5 Å². The highest BCUT2D eigenvalue weighted by Crippen LogP contribution is 2.11. The summed E-state index contributed by atoms with van der Waals surface area (Å²) in [6, 6.07) is 16.7. The van der Waals surface area contributed by atoms with E-state index in [9.17, 15) is 0 Å². The molecule has 2 aromatic carbocycles. The van der Waals surface area contributed by atoms with E-state index in [0.29, 0.717) is 0 Å². The highest BCUT2D eigenvalue weighted by Gasteiger charge is 1.85. The summed E-state index contributed by atoms with van der Waals surface area (Å²) in [5, 5.41) is 2.62. The van der Waals surface area contributed by atoms with Crippen molar-refractivity contribution in [1.82, 2.24) is 9.80 Å². The lowest BCUT2D eigenvalue weighted by Crippen LogP contribution is -2.08. The maximum absolute atomic E-state index is 2.12. The first-order chi connectivity index (χ1) is 9.51. The Morgan fingerprint density at radius 2 is 0.800 bits per heavy atom. The molecule has 0 aliphatic rings. The van der Waals surface area contributed by atoms with E-state index >= 15 is 0 Å². The third-order valence-corrected chi connectivity index (χ3v) is 2.92. The maximum Gasteiger partial charge on any atom is -0.00533 e. The summed E-state index contributed by atoms with van der Waals surface area (Å²) in [7, 11) is 8.22. The number of benzene rings is 2. The van der Waals surface area contributed by atoms with Crippen LogP contribution in [0.5, 0.6) is 0 Å². The smallest absolute Gasteiger partial charge is 0.00533 e. The molecular formula is C18H30N2. The molecule has 0 aliphatic heterocycles. The van der Waals surface area contributed by atoms with Gasteiger partial charge >= 0.3 is 0 Å². The Bertz CT molecular complexity index is 376. The van der Waals surface area contributed by atoms with Gasteiger partial charge in [0.2, 0.25) is 0 Å². The van der Waals surface area contributed by atoms with E-state index in [0.717, 1.165) is 13.1 Å². The van der Waals surface area contributed by atoms with Crippen LogP contribution >= 0.6 is 0 Å². The van der Waals surface area contributed by atoms with Crippen molar-refractivity contribution in [2.24, 2.45) is 0 Å². The number of hydrogen-bond donors (Lipinski definition) is 0. The minimum atomic E-state index is 1.14. The van der Waals surface area contributed by atoms with Crippen LogP contribution in [0.4, 0.5) is 0 Å². The van der Waals surface area contributed by atoms with Crippen LogP contribution in [-0.2, 0) is 0 Å². The fraction of sp³-hybridized carbons (Fsp3) is 0.444. The van der Waals surface area contributed by atoms with Crippen LogP contribution in [0, 0.1) is 0 Å². The lowest BCUT2D eigenvalue weighted by atomic mass is 10.1. The molecule has 112 valence electrons. The van der Waals surface area contributed by atoms with Gasteiger partial charge in [0, 0.05) is 0 Å². The van der Waals surface area contributed by atoms with E-state index in [1.54, 1.807) is 0 Å². The van der Waals surface area contributed by atoms with Crippen molar-refractivity contribution in [1.29, 1.82) is 0 Å². The van der Waals surface area contributed by atoms with Gasteiger partial charge in [-0.2, -0.15) is 0 Å². The second-order valence-electron chi connectivity index (χ2n) is 5.14. The average Bonchev–Trinajstić information content (AvgIpc) is 2.48. The van der Waals surface area contributed by atoms with Crippen molar-refractivity contribution in [2.75, 3.05) is 41.3 Å². The molecule has 0 aliphatic carbocycles.